The maximum Gasteiger partial charge on any atom is 0.256 e. The Morgan fingerprint density at radius 2 is 2.22 bits per heavy atom. The highest BCUT2D eigenvalue weighted by Gasteiger charge is 2.34. The predicted octanol–water partition coefficient (Wildman–Crippen LogP) is 3.33. The Labute approximate surface area is 113 Å². The average molecular weight is 267 g/mol. The molecule has 1 heterocycles. The molecule has 1 aromatic rings. The normalized spacial score (nSPS) is 23.4. The van der Waals surface area contributed by atoms with Gasteiger partial charge in [0.1, 0.15) is 0 Å². The van der Waals surface area contributed by atoms with Crippen LogP contribution in [0.2, 0.25) is 5.02 Å². The molecule has 0 saturated carbocycles. The van der Waals surface area contributed by atoms with Crippen molar-refractivity contribution in [2.24, 2.45) is 0 Å². The van der Waals surface area contributed by atoms with Gasteiger partial charge in [0.25, 0.3) is 5.91 Å². The molecule has 1 aromatic carbocycles. The Morgan fingerprint density at radius 3 is 2.83 bits per heavy atom. The van der Waals surface area contributed by atoms with E-state index in [4.69, 9.17) is 17.3 Å². The molecule has 2 unspecified atom stereocenters. The quantitative estimate of drug-likeness (QED) is 0.835. The summed E-state index contributed by atoms with van der Waals surface area (Å²) in [5.41, 5.74) is 6.91. The van der Waals surface area contributed by atoms with Crippen molar-refractivity contribution >= 4 is 23.2 Å². The first kappa shape index (κ1) is 13.2. The van der Waals surface area contributed by atoms with Crippen LogP contribution in [0.1, 0.15) is 43.5 Å². The third kappa shape index (κ3) is 2.32. The number of likely N-dealkylation sites (tertiary alicyclic amines) is 1. The average Bonchev–Trinajstić information content (AvgIpc) is 2.69. The molecule has 0 bridgehead atoms. The minimum Gasteiger partial charge on any atom is -0.398 e. The number of carbonyl (C=O) groups excluding carboxylic acids is 1. The van der Waals surface area contributed by atoms with E-state index in [1.165, 1.54) is 0 Å². The third-order valence-electron chi connectivity index (χ3n) is 3.74. The maximum atomic E-state index is 12.6. The topological polar surface area (TPSA) is 46.3 Å². The molecule has 1 aliphatic heterocycles. The largest absolute Gasteiger partial charge is 0.398 e. The number of benzene rings is 1. The molecule has 0 aromatic heterocycles. The number of hydrogen-bond donors (Lipinski definition) is 1. The van der Waals surface area contributed by atoms with Gasteiger partial charge in [-0.05, 0) is 44.4 Å². The second-order valence-corrected chi connectivity index (χ2v) is 5.37. The lowest BCUT2D eigenvalue weighted by molar-refractivity contribution is 0.0677. The van der Waals surface area contributed by atoms with Crippen LogP contribution in [0, 0.1) is 0 Å². The van der Waals surface area contributed by atoms with Gasteiger partial charge in [-0.2, -0.15) is 0 Å². The van der Waals surface area contributed by atoms with Gasteiger partial charge in [-0.15, -0.1) is 0 Å². The lowest BCUT2D eigenvalue weighted by atomic mass is 10.1. The molecule has 2 atom stereocenters. The van der Waals surface area contributed by atoms with Gasteiger partial charge in [-0.1, -0.05) is 18.5 Å². The first-order valence-electron chi connectivity index (χ1n) is 6.42. The Morgan fingerprint density at radius 1 is 1.50 bits per heavy atom. The number of amides is 1. The van der Waals surface area contributed by atoms with Gasteiger partial charge >= 0.3 is 0 Å². The van der Waals surface area contributed by atoms with Gasteiger partial charge < -0.3 is 10.6 Å². The van der Waals surface area contributed by atoms with E-state index in [1.807, 2.05) is 4.90 Å². The number of hydrogen-bond acceptors (Lipinski definition) is 2. The monoisotopic (exact) mass is 266 g/mol. The van der Waals surface area contributed by atoms with Crippen LogP contribution < -0.4 is 5.73 Å². The Hall–Kier alpha value is -1.22. The summed E-state index contributed by atoms with van der Waals surface area (Å²) in [6.07, 6.45) is 3.14. The van der Waals surface area contributed by atoms with Crippen LogP contribution in [0.15, 0.2) is 18.2 Å². The summed E-state index contributed by atoms with van der Waals surface area (Å²) in [5, 5.41) is 0.561. The van der Waals surface area contributed by atoms with Crippen molar-refractivity contribution in [3.05, 3.63) is 28.8 Å². The number of nitrogens with two attached hydrogens (primary N) is 1. The van der Waals surface area contributed by atoms with Gasteiger partial charge in [0.15, 0.2) is 0 Å². The van der Waals surface area contributed by atoms with Gasteiger partial charge in [-0.3, -0.25) is 4.79 Å². The molecule has 1 amide bonds. The van der Waals surface area contributed by atoms with Crippen LogP contribution in [-0.2, 0) is 0 Å². The Bertz CT molecular complexity index is 461. The highest BCUT2D eigenvalue weighted by atomic mass is 35.5. The molecule has 2 rings (SSSR count). The molecule has 2 N–H and O–H groups in total. The van der Waals surface area contributed by atoms with E-state index in [0.29, 0.717) is 22.3 Å². The number of anilines is 1. The fourth-order valence-electron chi connectivity index (χ4n) is 2.71. The van der Waals surface area contributed by atoms with Crippen molar-refractivity contribution in [2.75, 3.05) is 5.73 Å². The zero-order valence-corrected chi connectivity index (χ0v) is 11.6. The highest BCUT2D eigenvalue weighted by molar-refractivity contribution is 6.31. The summed E-state index contributed by atoms with van der Waals surface area (Å²) >= 11 is 5.86. The number of halogens is 1. The van der Waals surface area contributed by atoms with Crippen molar-refractivity contribution in [1.82, 2.24) is 4.90 Å². The van der Waals surface area contributed by atoms with E-state index in [9.17, 15) is 4.79 Å². The lowest BCUT2D eigenvalue weighted by Crippen LogP contribution is -2.39. The molecule has 18 heavy (non-hydrogen) atoms. The van der Waals surface area contributed by atoms with Crippen LogP contribution in [0.5, 0.6) is 0 Å². The lowest BCUT2D eigenvalue weighted by Gasteiger charge is -2.28. The van der Waals surface area contributed by atoms with E-state index in [0.717, 1.165) is 19.3 Å². The third-order valence-corrected chi connectivity index (χ3v) is 3.97. The van der Waals surface area contributed by atoms with Crippen molar-refractivity contribution in [2.45, 2.75) is 45.2 Å². The van der Waals surface area contributed by atoms with Gasteiger partial charge in [0.05, 0.1) is 5.56 Å². The van der Waals surface area contributed by atoms with E-state index in [1.54, 1.807) is 18.2 Å². The molecule has 1 fully saturated rings. The van der Waals surface area contributed by atoms with E-state index in [2.05, 4.69) is 13.8 Å². The van der Waals surface area contributed by atoms with Crippen LogP contribution in [0.4, 0.5) is 5.69 Å². The van der Waals surface area contributed by atoms with Crippen LogP contribution >= 0.6 is 11.6 Å². The fourth-order valence-corrected chi connectivity index (χ4v) is 2.89. The smallest absolute Gasteiger partial charge is 0.256 e. The molecule has 1 aliphatic rings. The summed E-state index contributed by atoms with van der Waals surface area (Å²) in [5.74, 6) is 0.0287. The number of nitrogen functional groups attached to an aromatic ring is 1. The van der Waals surface area contributed by atoms with E-state index >= 15 is 0 Å². The summed E-state index contributed by atoms with van der Waals surface area (Å²) in [6.45, 7) is 4.22. The summed E-state index contributed by atoms with van der Waals surface area (Å²) < 4.78 is 0. The predicted molar refractivity (Wildman–Crippen MR) is 74.8 cm³/mol. The van der Waals surface area contributed by atoms with E-state index < -0.39 is 0 Å². The zero-order chi connectivity index (χ0) is 13.3. The minimum absolute atomic E-state index is 0.0287. The number of rotatable bonds is 2. The Balaban J connectivity index is 2.30. The zero-order valence-electron chi connectivity index (χ0n) is 10.8. The van der Waals surface area contributed by atoms with E-state index in [-0.39, 0.29) is 11.9 Å². The highest BCUT2D eigenvalue weighted by Crippen LogP contribution is 2.29. The molecule has 1 saturated heterocycles. The van der Waals surface area contributed by atoms with Crippen LogP contribution in [0.3, 0.4) is 0 Å². The summed E-state index contributed by atoms with van der Waals surface area (Å²) in [7, 11) is 0. The molecule has 3 nitrogen and oxygen atoms in total. The molecular formula is C14H19ClN2O. The van der Waals surface area contributed by atoms with Crippen LogP contribution in [0.25, 0.3) is 0 Å². The number of carbonyl (C=O) groups is 1. The van der Waals surface area contributed by atoms with Gasteiger partial charge in [0, 0.05) is 22.8 Å². The molecule has 0 aliphatic carbocycles. The molecular weight excluding hydrogens is 248 g/mol. The summed E-state index contributed by atoms with van der Waals surface area (Å²) in [4.78, 5) is 14.5. The van der Waals surface area contributed by atoms with Crippen LogP contribution in [-0.4, -0.2) is 22.9 Å². The van der Waals surface area contributed by atoms with Crippen molar-refractivity contribution in [1.29, 1.82) is 0 Å². The molecule has 98 valence electrons. The first-order valence-corrected chi connectivity index (χ1v) is 6.80. The van der Waals surface area contributed by atoms with Crippen molar-refractivity contribution in [3.8, 4) is 0 Å². The standard InChI is InChI=1S/C14H19ClN2O/c1-3-11-6-4-9(2)17(11)14(18)12-7-5-10(15)8-13(12)16/h5,7-9,11H,3-4,6,16H2,1-2H3. The number of nitrogens with zero attached hydrogens (tertiary/aromatic N) is 1. The second kappa shape index (κ2) is 5.19. The van der Waals surface area contributed by atoms with Gasteiger partial charge in [-0.25, -0.2) is 0 Å². The molecule has 0 radical (unpaired) electrons. The van der Waals surface area contributed by atoms with Crippen molar-refractivity contribution < 1.29 is 4.79 Å². The second-order valence-electron chi connectivity index (χ2n) is 4.93. The van der Waals surface area contributed by atoms with Crippen molar-refractivity contribution in [3.63, 3.8) is 0 Å². The first-order chi connectivity index (χ1) is 8.54. The molecule has 4 heteroatoms. The SMILES string of the molecule is CCC1CCC(C)N1C(=O)c1ccc(Cl)cc1N. The molecule has 0 spiro atoms. The summed E-state index contributed by atoms with van der Waals surface area (Å²) in [6, 6.07) is 5.70. The van der Waals surface area contributed by atoms with Gasteiger partial charge in [0.2, 0.25) is 0 Å². The Kier molecular flexibility index (Phi) is 3.81. The maximum absolute atomic E-state index is 12.6. The fraction of sp³-hybridized carbons (Fsp3) is 0.500. The minimum atomic E-state index is 0.0287.